The zero-order valence-electron chi connectivity index (χ0n) is 22.9. The van der Waals surface area contributed by atoms with E-state index in [1.807, 2.05) is 0 Å². The molecule has 0 radical (unpaired) electrons. The number of rotatable bonds is 9. The normalized spacial score (nSPS) is 13.6. The van der Waals surface area contributed by atoms with Crippen LogP contribution < -0.4 is 14.8 Å². The van der Waals surface area contributed by atoms with E-state index in [-0.39, 0.29) is 44.9 Å². The van der Waals surface area contributed by atoms with E-state index in [4.69, 9.17) is 16.3 Å². The summed E-state index contributed by atoms with van der Waals surface area (Å²) in [6.07, 6.45) is 8.25. The smallest absolute Gasteiger partial charge is 0.222 e. The average molecular weight is 608 g/mol. The highest BCUT2D eigenvalue weighted by Crippen LogP contribution is 2.42. The number of benzene rings is 1. The largest absolute Gasteiger partial charge is 0.618 e. The molecule has 43 heavy (non-hydrogen) atoms. The molecule has 4 heterocycles. The number of carbonyl (C=O) groups excluding carboxylic acids is 1. The number of nitrogens with one attached hydrogen (secondary N) is 1. The van der Waals surface area contributed by atoms with E-state index >= 15 is 4.39 Å². The Bertz CT molecular complexity index is 1830. The molecule has 5 aromatic rings. The Kier molecular flexibility index (Phi) is 7.44. The van der Waals surface area contributed by atoms with Crippen molar-refractivity contribution in [1.82, 2.24) is 35.0 Å². The standard InChI is InChI=1S/C28H24ClF2N9O3/c1-15(41)34-25-8-5-18(28(31)35-25)17-11-33-38(12-17)22(9-16-3-4-16)23-10-24(43-2)19(13-40(23)42)26-21(39-14-32-36-37-39)7-6-20(29)27(26)30/h5-8,10-14,16,22H,3-4,9H2,1-2H3,(H,34,35,41). The highest BCUT2D eigenvalue weighted by Gasteiger charge is 2.34. The molecular weight excluding hydrogens is 584 g/mol. The van der Waals surface area contributed by atoms with E-state index in [9.17, 15) is 14.4 Å². The number of anilines is 1. The molecule has 1 aliphatic carbocycles. The second-order valence-electron chi connectivity index (χ2n) is 10.1. The number of amides is 1. The second kappa shape index (κ2) is 11.4. The van der Waals surface area contributed by atoms with Gasteiger partial charge in [-0.05, 0) is 47.0 Å². The van der Waals surface area contributed by atoms with Crippen molar-refractivity contribution in [2.75, 3.05) is 12.4 Å². The van der Waals surface area contributed by atoms with Gasteiger partial charge in [0.1, 0.15) is 23.9 Å². The summed E-state index contributed by atoms with van der Waals surface area (Å²) in [5.41, 5.74) is 1.30. The van der Waals surface area contributed by atoms with E-state index in [0.717, 1.165) is 12.8 Å². The number of nitrogens with zero attached hydrogens (tertiary/aromatic N) is 8. The van der Waals surface area contributed by atoms with Crippen LogP contribution in [0, 0.1) is 22.9 Å². The number of aromatic nitrogens is 8. The summed E-state index contributed by atoms with van der Waals surface area (Å²) < 4.78 is 39.6. The van der Waals surface area contributed by atoms with Crippen molar-refractivity contribution in [3.05, 3.63) is 82.9 Å². The molecular formula is C28H24ClF2N9O3. The van der Waals surface area contributed by atoms with Gasteiger partial charge in [-0.3, -0.25) is 9.48 Å². The van der Waals surface area contributed by atoms with Gasteiger partial charge < -0.3 is 15.3 Å². The van der Waals surface area contributed by atoms with Crippen LogP contribution in [0.25, 0.3) is 27.9 Å². The Hall–Kier alpha value is -4.98. The van der Waals surface area contributed by atoms with E-state index in [2.05, 4.69) is 30.9 Å². The first-order valence-corrected chi connectivity index (χ1v) is 13.6. The van der Waals surface area contributed by atoms with E-state index in [0.29, 0.717) is 28.3 Å². The molecule has 15 heteroatoms. The first kappa shape index (κ1) is 28.2. The molecule has 1 aliphatic rings. The summed E-state index contributed by atoms with van der Waals surface area (Å²) in [5, 5.41) is 31.5. The van der Waals surface area contributed by atoms with Gasteiger partial charge in [-0.1, -0.05) is 24.4 Å². The number of halogens is 3. The van der Waals surface area contributed by atoms with Crippen LogP contribution in [0.15, 0.2) is 55.2 Å². The Morgan fingerprint density at radius 1 is 1.26 bits per heavy atom. The summed E-state index contributed by atoms with van der Waals surface area (Å²) >= 11 is 6.13. The number of tetrazole rings is 1. The van der Waals surface area contributed by atoms with Crippen molar-refractivity contribution in [2.24, 2.45) is 5.92 Å². The van der Waals surface area contributed by atoms with Crippen molar-refractivity contribution in [3.8, 4) is 33.7 Å². The fraction of sp³-hybridized carbons (Fsp3) is 0.250. The lowest BCUT2D eigenvalue weighted by Gasteiger charge is -2.20. The topological polar surface area (TPSA) is 140 Å². The molecule has 1 unspecified atom stereocenters. The molecule has 0 aliphatic heterocycles. The molecule has 1 aromatic carbocycles. The van der Waals surface area contributed by atoms with Gasteiger partial charge in [-0.15, -0.1) is 5.10 Å². The maximum atomic E-state index is 15.5. The number of hydrogen-bond acceptors (Lipinski definition) is 8. The maximum Gasteiger partial charge on any atom is 0.222 e. The lowest BCUT2D eigenvalue weighted by atomic mass is 10.0. The molecule has 1 fully saturated rings. The van der Waals surface area contributed by atoms with E-state index in [1.165, 1.54) is 61.7 Å². The minimum absolute atomic E-state index is 0.0152. The van der Waals surface area contributed by atoms with Crippen LogP contribution >= 0.6 is 11.6 Å². The molecule has 0 saturated heterocycles. The summed E-state index contributed by atoms with van der Waals surface area (Å²) in [7, 11) is 1.42. The fourth-order valence-electron chi connectivity index (χ4n) is 4.97. The first-order chi connectivity index (χ1) is 20.7. The SMILES string of the molecule is COc1cc(C(CC2CC2)n2cc(-c3ccc(NC(C)=O)nc3F)cn2)[n+]([O-])cc1-c1c(-n2cnnn2)ccc(Cl)c1F. The Morgan fingerprint density at radius 3 is 2.74 bits per heavy atom. The van der Waals surface area contributed by atoms with Crippen LogP contribution in [0.3, 0.4) is 0 Å². The number of ether oxygens (including phenoxy) is 1. The predicted octanol–water partition coefficient (Wildman–Crippen LogP) is 4.51. The Balaban J connectivity index is 1.42. The number of methoxy groups -OCH3 is 1. The predicted molar refractivity (Wildman–Crippen MR) is 150 cm³/mol. The summed E-state index contributed by atoms with van der Waals surface area (Å²) in [6, 6.07) is 6.91. The molecule has 1 amide bonds. The lowest BCUT2D eigenvalue weighted by molar-refractivity contribution is -0.615. The maximum absolute atomic E-state index is 15.5. The van der Waals surface area contributed by atoms with Crippen molar-refractivity contribution < 1.29 is 23.0 Å². The van der Waals surface area contributed by atoms with Gasteiger partial charge >= 0.3 is 0 Å². The fourth-order valence-corrected chi connectivity index (χ4v) is 5.13. The second-order valence-corrected chi connectivity index (χ2v) is 10.5. The molecule has 1 N–H and O–H groups in total. The number of pyridine rings is 2. The molecule has 12 nitrogen and oxygen atoms in total. The van der Waals surface area contributed by atoms with Crippen LogP contribution in [0.1, 0.15) is 37.9 Å². The lowest BCUT2D eigenvalue weighted by Crippen LogP contribution is -2.36. The quantitative estimate of drug-likeness (QED) is 0.147. The third kappa shape index (κ3) is 5.60. The molecule has 0 spiro atoms. The van der Waals surface area contributed by atoms with E-state index < -0.39 is 17.8 Å². The number of hydrogen-bond donors (Lipinski definition) is 1. The molecule has 1 atom stereocenters. The Morgan fingerprint density at radius 2 is 2.07 bits per heavy atom. The third-order valence-electron chi connectivity index (χ3n) is 7.18. The van der Waals surface area contributed by atoms with Gasteiger partial charge in [0.2, 0.25) is 17.5 Å². The zero-order chi connectivity index (χ0) is 30.2. The van der Waals surface area contributed by atoms with Crippen LogP contribution in [0.2, 0.25) is 5.02 Å². The third-order valence-corrected chi connectivity index (χ3v) is 7.47. The highest BCUT2D eigenvalue weighted by atomic mass is 35.5. The van der Waals surface area contributed by atoms with Crippen LogP contribution in [-0.4, -0.2) is 48.0 Å². The monoisotopic (exact) mass is 607 g/mol. The van der Waals surface area contributed by atoms with Gasteiger partial charge in [0, 0.05) is 24.2 Å². The van der Waals surface area contributed by atoms with Gasteiger partial charge in [-0.2, -0.15) is 18.9 Å². The van der Waals surface area contributed by atoms with Crippen LogP contribution in [0.5, 0.6) is 5.75 Å². The van der Waals surface area contributed by atoms with Gasteiger partial charge in [0.15, 0.2) is 12.0 Å². The van der Waals surface area contributed by atoms with Crippen LogP contribution in [0.4, 0.5) is 14.6 Å². The number of carbonyl (C=O) groups is 1. The molecule has 1 saturated carbocycles. The molecule has 4 aromatic heterocycles. The molecule has 6 rings (SSSR count). The first-order valence-electron chi connectivity index (χ1n) is 13.2. The van der Waals surface area contributed by atoms with Crippen molar-refractivity contribution in [3.63, 3.8) is 0 Å². The van der Waals surface area contributed by atoms with Crippen LogP contribution in [-0.2, 0) is 4.79 Å². The van der Waals surface area contributed by atoms with Gasteiger partial charge in [-0.25, -0.2) is 9.37 Å². The van der Waals surface area contributed by atoms with Gasteiger partial charge in [0.25, 0.3) is 0 Å². The average Bonchev–Trinajstić information content (AvgIpc) is 3.40. The summed E-state index contributed by atoms with van der Waals surface area (Å²) in [4.78, 5) is 15.1. The highest BCUT2D eigenvalue weighted by molar-refractivity contribution is 6.31. The summed E-state index contributed by atoms with van der Waals surface area (Å²) in [5.74, 6) is -1.24. The Labute approximate surface area is 248 Å². The van der Waals surface area contributed by atoms with Crippen molar-refractivity contribution in [2.45, 2.75) is 32.2 Å². The molecule has 220 valence electrons. The van der Waals surface area contributed by atoms with Crippen molar-refractivity contribution in [1.29, 1.82) is 0 Å². The van der Waals surface area contributed by atoms with E-state index in [1.54, 1.807) is 16.9 Å². The zero-order valence-corrected chi connectivity index (χ0v) is 23.7. The molecule has 0 bridgehead atoms. The summed E-state index contributed by atoms with van der Waals surface area (Å²) in [6.45, 7) is 1.31. The minimum Gasteiger partial charge on any atom is -0.618 e. The van der Waals surface area contributed by atoms with Crippen molar-refractivity contribution >= 4 is 23.3 Å². The van der Waals surface area contributed by atoms with Gasteiger partial charge in [0.05, 0.1) is 41.2 Å². The minimum atomic E-state index is -0.781.